The van der Waals surface area contributed by atoms with Gasteiger partial charge in [-0.05, 0) is 19.8 Å². The van der Waals surface area contributed by atoms with Gasteiger partial charge in [-0.1, -0.05) is 0 Å². The number of halogens is 1. The lowest BCUT2D eigenvalue weighted by molar-refractivity contribution is 0.158. The first kappa shape index (κ1) is 13.5. The number of rotatable bonds is 4. The predicted molar refractivity (Wildman–Crippen MR) is 59.5 cm³/mol. The van der Waals surface area contributed by atoms with Crippen molar-refractivity contribution in [2.75, 3.05) is 19.0 Å². The van der Waals surface area contributed by atoms with Crippen molar-refractivity contribution in [2.24, 2.45) is 0 Å². The summed E-state index contributed by atoms with van der Waals surface area (Å²) in [6.07, 6.45) is 0.511. The molecule has 1 aliphatic rings. The lowest BCUT2D eigenvalue weighted by Crippen LogP contribution is -2.46. The molecular formula is C8H15ClN2O4S. The summed E-state index contributed by atoms with van der Waals surface area (Å²) < 4.78 is 31.0. The Labute approximate surface area is 100 Å². The average molecular weight is 271 g/mol. The van der Waals surface area contributed by atoms with Gasteiger partial charge in [0.1, 0.15) is 0 Å². The quantitative estimate of drug-likeness (QED) is 0.763. The summed E-state index contributed by atoms with van der Waals surface area (Å²) in [7, 11) is -3.82. The van der Waals surface area contributed by atoms with Crippen molar-refractivity contribution in [1.29, 1.82) is 0 Å². The molecule has 1 atom stereocenters. The van der Waals surface area contributed by atoms with E-state index in [0.29, 0.717) is 13.0 Å². The summed E-state index contributed by atoms with van der Waals surface area (Å²) in [6, 6.07) is -0.242. The maximum atomic E-state index is 11.7. The highest BCUT2D eigenvalue weighted by molar-refractivity contribution is 7.87. The van der Waals surface area contributed by atoms with Crippen LogP contribution in [0.15, 0.2) is 0 Å². The Kier molecular flexibility index (Phi) is 4.82. The van der Waals surface area contributed by atoms with E-state index in [9.17, 15) is 13.2 Å². The third-order valence-electron chi connectivity index (χ3n) is 2.30. The standard InChI is InChI=1S/C8H15ClN2O4S/c1-2-15-8(12)10-16(13,14)11-5-3-4-7(11)6-9/h7H,2-6H2,1H3,(H,10,12). The minimum absolute atomic E-state index is 0.125. The van der Waals surface area contributed by atoms with E-state index in [1.165, 1.54) is 4.31 Å². The molecule has 0 spiro atoms. The first-order valence-corrected chi connectivity index (χ1v) is 7.01. The molecule has 1 rings (SSSR count). The second-order valence-electron chi connectivity index (χ2n) is 3.39. The van der Waals surface area contributed by atoms with Crippen molar-refractivity contribution >= 4 is 27.9 Å². The number of carbonyl (C=O) groups excluding carboxylic acids is 1. The largest absolute Gasteiger partial charge is 0.449 e. The molecule has 1 N–H and O–H groups in total. The molecule has 1 unspecified atom stereocenters. The SMILES string of the molecule is CCOC(=O)NS(=O)(=O)N1CCCC1CCl. The van der Waals surface area contributed by atoms with Gasteiger partial charge in [0.2, 0.25) is 0 Å². The third-order valence-corrected chi connectivity index (χ3v) is 4.18. The lowest BCUT2D eigenvalue weighted by atomic mass is 10.3. The molecule has 0 saturated carbocycles. The van der Waals surface area contributed by atoms with E-state index in [1.807, 2.05) is 4.72 Å². The number of carbonyl (C=O) groups is 1. The maximum Gasteiger partial charge on any atom is 0.421 e. The lowest BCUT2D eigenvalue weighted by Gasteiger charge is -2.21. The molecule has 94 valence electrons. The third kappa shape index (κ3) is 3.23. The monoisotopic (exact) mass is 270 g/mol. The van der Waals surface area contributed by atoms with E-state index >= 15 is 0 Å². The van der Waals surface area contributed by atoms with Crippen molar-refractivity contribution < 1.29 is 17.9 Å². The van der Waals surface area contributed by atoms with E-state index in [-0.39, 0.29) is 18.5 Å². The van der Waals surface area contributed by atoms with E-state index in [4.69, 9.17) is 11.6 Å². The molecule has 1 heterocycles. The van der Waals surface area contributed by atoms with E-state index < -0.39 is 16.3 Å². The highest BCUT2D eigenvalue weighted by Gasteiger charge is 2.34. The van der Waals surface area contributed by atoms with Gasteiger partial charge in [-0.2, -0.15) is 12.7 Å². The predicted octanol–water partition coefficient (Wildman–Crippen LogP) is 0.680. The summed E-state index contributed by atoms with van der Waals surface area (Å²) in [5, 5.41) is 0. The fourth-order valence-corrected chi connectivity index (χ4v) is 3.34. The number of hydrogen-bond acceptors (Lipinski definition) is 4. The van der Waals surface area contributed by atoms with Crippen LogP contribution in [0, 0.1) is 0 Å². The molecule has 1 amide bonds. The molecule has 6 nitrogen and oxygen atoms in total. The first-order chi connectivity index (χ1) is 7.51. The maximum absolute atomic E-state index is 11.7. The summed E-state index contributed by atoms with van der Waals surface area (Å²) in [5.74, 6) is 0.226. The molecule has 0 bridgehead atoms. The zero-order valence-corrected chi connectivity index (χ0v) is 10.6. The molecule has 0 aliphatic carbocycles. The Hall–Kier alpha value is -0.530. The Morgan fingerprint density at radius 2 is 2.31 bits per heavy atom. The smallest absolute Gasteiger partial charge is 0.421 e. The number of amides is 1. The van der Waals surface area contributed by atoms with Crippen LogP contribution in [0.2, 0.25) is 0 Å². The molecule has 0 aromatic heterocycles. The van der Waals surface area contributed by atoms with Gasteiger partial charge in [0.25, 0.3) is 0 Å². The highest BCUT2D eigenvalue weighted by Crippen LogP contribution is 2.21. The van der Waals surface area contributed by atoms with Crippen LogP contribution in [0.4, 0.5) is 4.79 Å². The molecule has 0 radical (unpaired) electrons. The second kappa shape index (κ2) is 5.70. The van der Waals surface area contributed by atoms with Crippen molar-refractivity contribution in [3.63, 3.8) is 0 Å². The molecule has 1 saturated heterocycles. The van der Waals surface area contributed by atoms with Crippen LogP contribution in [-0.4, -0.2) is 43.9 Å². The molecule has 1 aliphatic heterocycles. The summed E-state index contributed by atoms with van der Waals surface area (Å²) >= 11 is 5.66. The molecule has 16 heavy (non-hydrogen) atoms. The number of ether oxygens (including phenoxy) is 1. The van der Waals surface area contributed by atoms with Crippen molar-refractivity contribution in [2.45, 2.75) is 25.8 Å². The zero-order chi connectivity index (χ0) is 12.2. The van der Waals surface area contributed by atoms with Gasteiger partial charge in [-0.25, -0.2) is 9.52 Å². The summed E-state index contributed by atoms with van der Waals surface area (Å²) in [6.45, 7) is 2.11. The highest BCUT2D eigenvalue weighted by atomic mass is 35.5. The van der Waals surface area contributed by atoms with Crippen molar-refractivity contribution in [1.82, 2.24) is 9.03 Å². The Morgan fingerprint density at radius 3 is 2.88 bits per heavy atom. The number of alkyl halides is 1. The topological polar surface area (TPSA) is 75.7 Å². The Bertz CT molecular complexity index is 346. The minimum Gasteiger partial charge on any atom is -0.449 e. The molecule has 8 heteroatoms. The Morgan fingerprint density at radius 1 is 1.62 bits per heavy atom. The molecule has 0 aromatic rings. The average Bonchev–Trinajstić information content (AvgIpc) is 2.65. The van der Waals surface area contributed by atoms with E-state index in [1.54, 1.807) is 6.92 Å². The van der Waals surface area contributed by atoms with Crippen LogP contribution in [0.1, 0.15) is 19.8 Å². The summed E-state index contributed by atoms with van der Waals surface area (Å²) in [5.41, 5.74) is 0. The van der Waals surface area contributed by atoms with Crippen LogP contribution in [0.3, 0.4) is 0 Å². The number of hydrogen-bond donors (Lipinski definition) is 1. The zero-order valence-electron chi connectivity index (χ0n) is 8.98. The fraction of sp³-hybridized carbons (Fsp3) is 0.875. The van der Waals surface area contributed by atoms with E-state index in [2.05, 4.69) is 4.74 Å². The van der Waals surface area contributed by atoms with Gasteiger partial charge in [0.15, 0.2) is 0 Å². The summed E-state index contributed by atoms with van der Waals surface area (Å²) in [4.78, 5) is 11.0. The van der Waals surface area contributed by atoms with Crippen LogP contribution in [0.5, 0.6) is 0 Å². The van der Waals surface area contributed by atoms with Gasteiger partial charge in [0.05, 0.1) is 6.61 Å². The first-order valence-electron chi connectivity index (χ1n) is 5.03. The van der Waals surface area contributed by atoms with Crippen molar-refractivity contribution in [3.8, 4) is 0 Å². The van der Waals surface area contributed by atoms with Gasteiger partial charge in [0, 0.05) is 18.5 Å². The van der Waals surface area contributed by atoms with Crippen LogP contribution >= 0.6 is 11.6 Å². The molecule has 0 aromatic carbocycles. The van der Waals surface area contributed by atoms with E-state index in [0.717, 1.165) is 6.42 Å². The Balaban J connectivity index is 2.66. The van der Waals surface area contributed by atoms with Crippen LogP contribution < -0.4 is 4.72 Å². The number of nitrogens with zero attached hydrogens (tertiary/aromatic N) is 1. The van der Waals surface area contributed by atoms with Crippen molar-refractivity contribution in [3.05, 3.63) is 0 Å². The number of nitrogens with one attached hydrogen (secondary N) is 1. The molecular weight excluding hydrogens is 256 g/mol. The van der Waals surface area contributed by atoms with Gasteiger partial charge in [-0.15, -0.1) is 11.6 Å². The normalized spacial score (nSPS) is 22.0. The van der Waals surface area contributed by atoms with Crippen LogP contribution in [0.25, 0.3) is 0 Å². The second-order valence-corrected chi connectivity index (χ2v) is 5.32. The van der Waals surface area contributed by atoms with Gasteiger partial charge in [-0.3, -0.25) is 0 Å². The minimum atomic E-state index is -3.82. The van der Waals surface area contributed by atoms with Gasteiger partial charge < -0.3 is 4.74 Å². The van der Waals surface area contributed by atoms with Crippen LogP contribution in [-0.2, 0) is 14.9 Å². The molecule has 1 fully saturated rings. The fourth-order valence-electron chi connectivity index (χ4n) is 1.60. The van der Waals surface area contributed by atoms with Gasteiger partial charge >= 0.3 is 16.3 Å².